The van der Waals surface area contributed by atoms with Gasteiger partial charge in [0.25, 0.3) is 10.0 Å². The van der Waals surface area contributed by atoms with E-state index in [4.69, 9.17) is 11.6 Å². The van der Waals surface area contributed by atoms with E-state index in [1.54, 1.807) is 24.3 Å². The molecule has 8 heteroatoms. The molecule has 0 aliphatic rings. The fourth-order valence-electron chi connectivity index (χ4n) is 1.62. The molecule has 1 aromatic heterocycles. The Bertz CT molecular complexity index is 732. The lowest BCUT2D eigenvalue weighted by atomic mass is 10.3. The van der Waals surface area contributed by atoms with Crippen molar-refractivity contribution >= 4 is 54.6 Å². The summed E-state index contributed by atoms with van der Waals surface area (Å²) in [4.78, 5) is 0.970. The van der Waals surface area contributed by atoms with Gasteiger partial charge in [-0.3, -0.25) is 4.72 Å². The molecule has 0 unspecified atom stereocenters. The van der Waals surface area contributed by atoms with Crippen molar-refractivity contribution in [3.8, 4) is 0 Å². The van der Waals surface area contributed by atoms with Crippen LogP contribution in [0.1, 0.15) is 11.8 Å². The third-order valence-electron chi connectivity index (χ3n) is 2.62. The third-order valence-corrected chi connectivity index (χ3v) is 6.39. The number of benzene rings is 1. The van der Waals surface area contributed by atoms with Crippen LogP contribution in [0.15, 0.2) is 39.0 Å². The van der Waals surface area contributed by atoms with E-state index >= 15 is 0 Å². The Morgan fingerprint density at radius 3 is 2.76 bits per heavy atom. The van der Waals surface area contributed by atoms with Crippen LogP contribution in [-0.4, -0.2) is 15.0 Å². The fourth-order valence-corrected chi connectivity index (χ4v) is 4.59. The molecule has 0 spiro atoms. The highest BCUT2D eigenvalue weighted by atomic mass is 79.9. The number of halogens is 2. The van der Waals surface area contributed by atoms with Crippen molar-refractivity contribution in [1.82, 2.24) is 5.32 Å². The highest BCUT2D eigenvalue weighted by molar-refractivity contribution is 9.10. The second-order valence-electron chi connectivity index (χ2n) is 4.23. The first kappa shape index (κ1) is 16.8. The molecule has 0 fully saturated rings. The van der Waals surface area contributed by atoms with Crippen molar-refractivity contribution < 1.29 is 8.42 Å². The lowest BCUT2D eigenvalue weighted by Crippen LogP contribution is -2.12. The molecule has 0 aliphatic heterocycles. The van der Waals surface area contributed by atoms with Gasteiger partial charge in [0.1, 0.15) is 4.21 Å². The molecule has 21 heavy (non-hydrogen) atoms. The number of sulfonamides is 1. The van der Waals surface area contributed by atoms with Crippen LogP contribution in [0.25, 0.3) is 0 Å². The third kappa shape index (κ3) is 4.43. The van der Waals surface area contributed by atoms with E-state index in [1.165, 1.54) is 11.3 Å². The Balaban J connectivity index is 2.22. The fraction of sp³-hybridized carbons (Fsp3) is 0.231. The summed E-state index contributed by atoms with van der Waals surface area (Å²) in [6, 6.07) is 8.43. The summed E-state index contributed by atoms with van der Waals surface area (Å²) in [6.07, 6.45) is 0. The first-order valence-corrected chi connectivity index (χ1v) is 9.66. The molecular weight excluding hydrogens is 396 g/mol. The minimum Gasteiger partial charge on any atom is -0.312 e. The summed E-state index contributed by atoms with van der Waals surface area (Å²) >= 11 is 10.5. The summed E-state index contributed by atoms with van der Waals surface area (Å²) in [5, 5.41) is 3.52. The molecule has 0 bridgehead atoms. The lowest BCUT2D eigenvalue weighted by molar-refractivity contribution is 0.603. The van der Waals surface area contributed by atoms with Crippen LogP contribution in [-0.2, 0) is 16.6 Å². The summed E-state index contributed by atoms with van der Waals surface area (Å²) in [5.41, 5.74) is 0.354. The Morgan fingerprint density at radius 2 is 2.05 bits per heavy atom. The van der Waals surface area contributed by atoms with Gasteiger partial charge in [-0.05, 0) is 36.9 Å². The smallest absolute Gasteiger partial charge is 0.271 e. The predicted molar refractivity (Wildman–Crippen MR) is 91.7 cm³/mol. The van der Waals surface area contributed by atoms with Gasteiger partial charge in [0.05, 0.1) is 10.7 Å². The average molecular weight is 410 g/mol. The maximum atomic E-state index is 12.4. The van der Waals surface area contributed by atoms with Gasteiger partial charge in [-0.2, -0.15) is 0 Å². The van der Waals surface area contributed by atoms with E-state index in [0.29, 0.717) is 17.3 Å². The largest absolute Gasteiger partial charge is 0.312 e. The van der Waals surface area contributed by atoms with Crippen LogP contribution in [0.2, 0.25) is 5.02 Å². The average Bonchev–Trinajstić information content (AvgIpc) is 2.90. The summed E-state index contributed by atoms with van der Waals surface area (Å²) < 4.78 is 28.3. The number of thiophene rings is 1. The van der Waals surface area contributed by atoms with Gasteiger partial charge in [-0.1, -0.05) is 34.5 Å². The molecule has 2 aromatic rings. The minimum atomic E-state index is -3.62. The van der Waals surface area contributed by atoms with E-state index in [9.17, 15) is 8.42 Å². The van der Waals surface area contributed by atoms with Crippen LogP contribution < -0.4 is 10.0 Å². The van der Waals surface area contributed by atoms with Gasteiger partial charge in [-0.25, -0.2) is 8.42 Å². The quantitative estimate of drug-likeness (QED) is 0.756. The molecule has 0 atom stereocenters. The molecule has 1 heterocycles. The van der Waals surface area contributed by atoms with Crippen LogP contribution in [0.3, 0.4) is 0 Å². The highest BCUT2D eigenvalue weighted by Gasteiger charge is 2.18. The van der Waals surface area contributed by atoms with Crippen molar-refractivity contribution in [2.24, 2.45) is 0 Å². The van der Waals surface area contributed by atoms with E-state index in [1.807, 2.05) is 13.0 Å². The summed E-state index contributed by atoms with van der Waals surface area (Å²) in [5.74, 6) is 0. The predicted octanol–water partition coefficient (Wildman–Crippen LogP) is 4.07. The van der Waals surface area contributed by atoms with Crippen LogP contribution >= 0.6 is 38.9 Å². The zero-order valence-corrected chi connectivity index (χ0v) is 15.2. The van der Waals surface area contributed by atoms with E-state index < -0.39 is 10.0 Å². The monoisotopic (exact) mass is 408 g/mol. The van der Waals surface area contributed by atoms with Gasteiger partial charge in [0.2, 0.25) is 0 Å². The SMILES string of the molecule is CCNCc1ccc(S(=O)(=O)Nc2cc(Br)ccc2Cl)s1. The summed E-state index contributed by atoms with van der Waals surface area (Å²) in [7, 11) is -3.62. The molecule has 0 saturated heterocycles. The maximum absolute atomic E-state index is 12.4. The Morgan fingerprint density at radius 1 is 1.29 bits per heavy atom. The summed E-state index contributed by atoms with van der Waals surface area (Å²) in [6.45, 7) is 3.50. The lowest BCUT2D eigenvalue weighted by Gasteiger charge is -2.08. The zero-order chi connectivity index (χ0) is 15.5. The Labute approximate surface area is 141 Å². The topological polar surface area (TPSA) is 58.2 Å². The number of anilines is 1. The van der Waals surface area contributed by atoms with Gasteiger partial charge < -0.3 is 5.32 Å². The first-order chi connectivity index (χ1) is 9.92. The van der Waals surface area contributed by atoms with Crippen molar-refractivity contribution in [2.45, 2.75) is 17.7 Å². The highest BCUT2D eigenvalue weighted by Crippen LogP contribution is 2.29. The van der Waals surface area contributed by atoms with E-state index in [0.717, 1.165) is 15.9 Å². The Kier molecular flexibility index (Phi) is 5.67. The number of nitrogens with one attached hydrogen (secondary N) is 2. The molecule has 114 valence electrons. The van der Waals surface area contributed by atoms with Gasteiger partial charge in [-0.15, -0.1) is 11.3 Å². The molecule has 4 nitrogen and oxygen atoms in total. The van der Waals surface area contributed by atoms with Crippen LogP contribution in [0, 0.1) is 0 Å². The normalized spacial score (nSPS) is 11.6. The van der Waals surface area contributed by atoms with Crippen LogP contribution in [0.5, 0.6) is 0 Å². The molecule has 1 aromatic carbocycles. The van der Waals surface area contributed by atoms with Crippen LogP contribution in [0.4, 0.5) is 5.69 Å². The van der Waals surface area contributed by atoms with E-state index in [-0.39, 0.29) is 4.21 Å². The standard InChI is InChI=1S/C13H14BrClN2O2S2/c1-2-16-8-10-4-6-13(20-10)21(18,19)17-12-7-9(14)3-5-11(12)15/h3-7,16-17H,2,8H2,1H3. The van der Waals surface area contributed by atoms with Gasteiger partial charge in [0, 0.05) is 15.9 Å². The van der Waals surface area contributed by atoms with Crippen molar-refractivity contribution in [3.05, 3.63) is 44.7 Å². The molecule has 0 saturated carbocycles. The second kappa shape index (κ2) is 7.11. The minimum absolute atomic E-state index is 0.270. The Hall–Kier alpha value is -0.600. The van der Waals surface area contributed by atoms with E-state index in [2.05, 4.69) is 26.0 Å². The zero-order valence-electron chi connectivity index (χ0n) is 11.2. The molecular formula is C13H14BrClN2O2S2. The first-order valence-electron chi connectivity index (χ1n) is 6.19. The molecule has 2 rings (SSSR count). The van der Waals surface area contributed by atoms with Gasteiger partial charge in [0.15, 0.2) is 0 Å². The van der Waals surface area contributed by atoms with Crippen molar-refractivity contribution in [2.75, 3.05) is 11.3 Å². The van der Waals surface area contributed by atoms with Crippen molar-refractivity contribution in [1.29, 1.82) is 0 Å². The number of hydrogen-bond donors (Lipinski definition) is 2. The molecule has 0 radical (unpaired) electrons. The maximum Gasteiger partial charge on any atom is 0.271 e. The molecule has 2 N–H and O–H groups in total. The second-order valence-corrected chi connectivity index (χ2v) is 8.63. The number of hydrogen-bond acceptors (Lipinski definition) is 4. The molecule has 0 amide bonds. The number of rotatable bonds is 6. The van der Waals surface area contributed by atoms with Gasteiger partial charge >= 0.3 is 0 Å². The molecule has 0 aliphatic carbocycles. The van der Waals surface area contributed by atoms with Crippen molar-refractivity contribution in [3.63, 3.8) is 0 Å².